The number of hydrogen-bond donors (Lipinski definition) is 0. The first-order valence-electron chi connectivity index (χ1n) is 7.33. The molecule has 1 saturated carbocycles. The molecule has 0 bridgehead atoms. The van der Waals surface area contributed by atoms with Crippen molar-refractivity contribution in [3.8, 4) is 11.6 Å². The molecule has 7 nitrogen and oxygen atoms in total. The summed E-state index contributed by atoms with van der Waals surface area (Å²) in [5.74, 6) is -3.00. The van der Waals surface area contributed by atoms with Crippen LogP contribution in [0.25, 0.3) is 11.6 Å². The van der Waals surface area contributed by atoms with E-state index < -0.39 is 24.9 Å². The zero-order chi connectivity index (χ0) is 16.0. The zero-order valence-corrected chi connectivity index (χ0v) is 12.0. The molecule has 0 radical (unpaired) electrons. The van der Waals surface area contributed by atoms with Crippen molar-refractivity contribution in [3.05, 3.63) is 24.4 Å². The Morgan fingerprint density at radius 1 is 1.26 bits per heavy atom. The molecular formula is C14H13F2N5O2. The number of amides is 1. The molecular weight excluding hydrogens is 308 g/mol. The lowest BCUT2D eigenvalue weighted by atomic mass is 10.2. The van der Waals surface area contributed by atoms with Gasteiger partial charge in [0.1, 0.15) is 6.04 Å². The van der Waals surface area contributed by atoms with Gasteiger partial charge in [0.2, 0.25) is 23.4 Å². The topological polar surface area (TPSA) is 85.0 Å². The van der Waals surface area contributed by atoms with Crippen molar-refractivity contribution >= 4 is 5.91 Å². The minimum atomic E-state index is -2.95. The molecule has 0 N–H and O–H groups in total. The molecule has 23 heavy (non-hydrogen) atoms. The first-order chi connectivity index (χ1) is 11.0. The molecule has 1 atom stereocenters. The molecule has 1 aliphatic heterocycles. The summed E-state index contributed by atoms with van der Waals surface area (Å²) in [7, 11) is 0. The van der Waals surface area contributed by atoms with Crippen LogP contribution in [0.4, 0.5) is 8.78 Å². The van der Waals surface area contributed by atoms with Gasteiger partial charge in [0.05, 0.1) is 6.54 Å². The van der Waals surface area contributed by atoms with E-state index in [4.69, 9.17) is 4.52 Å². The fraction of sp³-hybridized carbons (Fsp3) is 0.500. The van der Waals surface area contributed by atoms with Crippen LogP contribution in [0.3, 0.4) is 0 Å². The van der Waals surface area contributed by atoms with Crippen LogP contribution in [0.1, 0.15) is 31.2 Å². The Kier molecular flexibility index (Phi) is 3.10. The number of likely N-dealkylation sites (tertiary alicyclic amines) is 1. The second-order valence-electron chi connectivity index (χ2n) is 5.84. The van der Waals surface area contributed by atoms with Crippen LogP contribution in [0.5, 0.6) is 0 Å². The van der Waals surface area contributed by atoms with Gasteiger partial charge in [-0.2, -0.15) is 4.98 Å². The van der Waals surface area contributed by atoms with E-state index >= 15 is 0 Å². The van der Waals surface area contributed by atoms with E-state index in [0.717, 1.165) is 12.8 Å². The number of hydrogen-bond acceptors (Lipinski definition) is 6. The van der Waals surface area contributed by atoms with Crippen molar-refractivity contribution in [2.75, 3.05) is 6.54 Å². The van der Waals surface area contributed by atoms with Gasteiger partial charge in [-0.1, -0.05) is 5.16 Å². The number of nitrogens with zero attached hydrogens (tertiary/aromatic N) is 5. The Morgan fingerprint density at radius 3 is 2.70 bits per heavy atom. The molecule has 0 aromatic carbocycles. The fourth-order valence-corrected chi connectivity index (χ4v) is 2.71. The highest BCUT2D eigenvalue weighted by Gasteiger charge is 2.52. The monoisotopic (exact) mass is 321 g/mol. The summed E-state index contributed by atoms with van der Waals surface area (Å²) >= 11 is 0. The number of carbonyl (C=O) groups is 1. The summed E-state index contributed by atoms with van der Waals surface area (Å²) in [6, 6.07) is 0.737. The molecule has 4 rings (SSSR count). The molecule has 9 heteroatoms. The molecule has 2 aromatic heterocycles. The van der Waals surface area contributed by atoms with Crippen molar-refractivity contribution in [3.63, 3.8) is 0 Å². The second-order valence-corrected chi connectivity index (χ2v) is 5.84. The van der Waals surface area contributed by atoms with Crippen molar-refractivity contribution in [1.29, 1.82) is 0 Å². The first-order valence-corrected chi connectivity index (χ1v) is 7.33. The molecule has 2 aromatic rings. The minimum absolute atomic E-state index is 0.00127. The normalized spacial score (nSPS) is 23.2. The predicted octanol–water partition coefficient (Wildman–Crippen LogP) is 1.85. The summed E-state index contributed by atoms with van der Waals surface area (Å²) in [5.41, 5.74) is 0. The van der Waals surface area contributed by atoms with Crippen LogP contribution in [-0.4, -0.2) is 43.4 Å². The maximum atomic E-state index is 13.8. The maximum absolute atomic E-state index is 13.8. The van der Waals surface area contributed by atoms with E-state index in [1.807, 2.05) is 0 Å². The third kappa shape index (κ3) is 2.66. The van der Waals surface area contributed by atoms with Crippen LogP contribution in [-0.2, 0) is 4.79 Å². The van der Waals surface area contributed by atoms with Crippen molar-refractivity contribution in [2.24, 2.45) is 5.92 Å². The van der Waals surface area contributed by atoms with Crippen LogP contribution in [0, 0.1) is 5.92 Å². The van der Waals surface area contributed by atoms with Crippen LogP contribution >= 0.6 is 0 Å². The average molecular weight is 321 g/mol. The van der Waals surface area contributed by atoms with Gasteiger partial charge in [-0.25, -0.2) is 18.7 Å². The average Bonchev–Trinajstić information content (AvgIpc) is 3.18. The number of aromatic nitrogens is 4. The minimum Gasteiger partial charge on any atom is -0.337 e. The second kappa shape index (κ2) is 5.04. The Morgan fingerprint density at radius 2 is 2.00 bits per heavy atom. The summed E-state index contributed by atoms with van der Waals surface area (Å²) in [6.07, 6.45) is 4.03. The van der Waals surface area contributed by atoms with Gasteiger partial charge in [-0.3, -0.25) is 4.79 Å². The summed E-state index contributed by atoms with van der Waals surface area (Å²) < 4.78 is 32.7. The fourth-order valence-electron chi connectivity index (χ4n) is 2.71. The van der Waals surface area contributed by atoms with E-state index in [-0.39, 0.29) is 29.4 Å². The lowest BCUT2D eigenvalue weighted by Gasteiger charge is -2.20. The molecule has 1 saturated heterocycles. The Labute approximate surface area is 129 Å². The van der Waals surface area contributed by atoms with E-state index in [9.17, 15) is 13.6 Å². The molecule has 0 unspecified atom stereocenters. The first kappa shape index (κ1) is 14.2. The van der Waals surface area contributed by atoms with Gasteiger partial charge >= 0.3 is 0 Å². The van der Waals surface area contributed by atoms with Gasteiger partial charge in [-0.15, -0.1) is 0 Å². The van der Waals surface area contributed by atoms with Crippen LogP contribution in [0.2, 0.25) is 0 Å². The van der Waals surface area contributed by atoms with E-state index in [0.29, 0.717) is 0 Å². The number of carbonyl (C=O) groups excluding carboxylic acids is 1. The number of alkyl halides is 2. The largest absolute Gasteiger partial charge is 0.337 e. The standard InChI is InChI=1S/C14H13F2N5O2/c15-14(16)6-9(21(7-14)13(22)8-2-3-8)12-19-11(20-23-12)10-17-4-1-5-18-10/h1,4-5,8-9H,2-3,6-7H2/t9-/m0/s1. The highest BCUT2D eigenvalue weighted by atomic mass is 19.3. The Balaban J connectivity index is 1.63. The zero-order valence-electron chi connectivity index (χ0n) is 12.0. The molecule has 1 amide bonds. The summed E-state index contributed by atoms with van der Waals surface area (Å²) in [5, 5.41) is 3.74. The quantitative estimate of drug-likeness (QED) is 0.857. The maximum Gasteiger partial charge on any atom is 0.267 e. The Hall–Kier alpha value is -2.45. The smallest absolute Gasteiger partial charge is 0.267 e. The molecule has 2 aliphatic rings. The molecule has 3 heterocycles. The lowest BCUT2D eigenvalue weighted by Crippen LogP contribution is -2.34. The number of rotatable bonds is 3. The van der Waals surface area contributed by atoms with E-state index in [2.05, 4.69) is 20.1 Å². The van der Waals surface area contributed by atoms with Gasteiger partial charge in [0.25, 0.3) is 5.92 Å². The lowest BCUT2D eigenvalue weighted by molar-refractivity contribution is -0.135. The van der Waals surface area contributed by atoms with Gasteiger partial charge in [-0.05, 0) is 18.9 Å². The molecule has 120 valence electrons. The highest BCUT2D eigenvalue weighted by Crippen LogP contribution is 2.44. The molecule has 1 aliphatic carbocycles. The van der Waals surface area contributed by atoms with Crippen molar-refractivity contribution in [2.45, 2.75) is 31.2 Å². The molecule has 0 spiro atoms. The predicted molar refractivity (Wildman–Crippen MR) is 72.1 cm³/mol. The third-order valence-corrected chi connectivity index (χ3v) is 3.97. The molecule has 2 fully saturated rings. The SMILES string of the molecule is O=C(C1CC1)N1CC(F)(F)C[C@H]1c1nc(-c2ncccn2)no1. The highest BCUT2D eigenvalue weighted by molar-refractivity contribution is 5.81. The van der Waals surface area contributed by atoms with E-state index in [1.54, 1.807) is 6.07 Å². The third-order valence-electron chi connectivity index (χ3n) is 3.97. The Bertz CT molecular complexity index is 732. The van der Waals surface area contributed by atoms with Crippen molar-refractivity contribution < 1.29 is 18.1 Å². The van der Waals surface area contributed by atoms with Gasteiger partial charge in [0.15, 0.2) is 0 Å². The van der Waals surface area contributed by atoms with Crippen LogP contribution < -0.4 is 0 Å². The summed E-state index contributed by atoms with van der Waals surface area (Å²) in [4.78, 5) is 25.5. The number of halogens is 2. The van der Waals surface area contributed by atoms with Gasteiger partial charge in [0, 0.05) is 24.7 Å². The summed E-state index contributed by atoms with van der Waals surface area (Å²) in [6.45, 7) is -0.605. The van der Waals surface area contributed by atoms with Crippen molar-refractivity contribution in [1.82, 2.24) is 25.0 Å². The van der Waals surface area contributed by atoms with Crippen LogP contribution in [0.15, 0.2) is 23.0 Å². The van der Waals surface area contributed by atoms with E-state index in [1.165, 1.54) is 17.3 Å². The van der Waals surface area contributed by atoms with Gasteiger partial charge < -0.3 is 9.42 Å².